The van der Waals surface area contributed by atoms with Crippen molar-refractivity contribution in [2.24, 2.45) is 0 Å². The molecule has 1 fully saturated rings. The third-order valence-electron chi connectivity index (χ3n) is 5.12. The largest absolute Gasteiger partial charge is 0.488 e. The molecular weight excluding hydrogens is 461 g/mol. The molecule has 1 N–H and O–H groups in total. The number of hydrogen-bond donors (Lipinski definition) is 1. The number of hydrazine groups is 1. The van der Waals surface area contributed by atoms with Gasteiger partial charge in [-0.3, -0.25) is 15.0 Å². The van der Waals surface area contributed by atoms with Crippen molar-refractivity contribution >= 4 is 52.5 Å². The number of halogens is 2. The molecular formula is C25H21Cl2N3O3. The number of carbonyl (C=O) groups excluding carboxylic acids is 2. The van der Waals surface area contributed by atoms with Crippen LogP contribution >= 0.6 is 23.2 Å². The van der Waals surface area contributed by atoms with Crippen LogP contribution in [0.1, 0.15) is 11.1 Å². The molecule has 168 valence electrons. The van der Waals surface area contributed by atoms with Crippen LogP contribution in [0.5, 0.6) is 5.75 Å². The van der Waals surface area contributed by atoms with Gasteiger partial charge in [-0.15, -0.1) is 0 Å². The Morgan fingerprint density at radius 3 is 2.45 bits per heavy atom. The average molecular weight is 482 g/mol. The molecule has 1 aliphatic rings. The molecule has 0 radical (unpaired) electrons. The van der Waals surface area contributed by atoms with Crippen molar-refractivity contribution in [3.05, 3.63) is 93.5 Å². The Bertz CT molecular complexity index is 1240. The minimum absolute atomic E-state index is 0.0193. The van der Waals surface area contributed by atoms with Gasteiger partial charge in [0.25, 0.3) is 11.8 Å². The maximum Gasteiger partial charge on any atom is 0.282 e. The summed E-state index contributed by atoms with van der Waals surface area (Å²) in [5.41, 5.74) is 5.47. The van der Waals surface area contributed by atoms with E-state index in [-0.39, 0.29) is 12.2 Å². The van der Waals surface area contributed by atoms with Crippen molar-refractivity contribution in [3.63, 3.8) is 0 Å². The molecule has 0 saturated carbocycles. The molecule has 0 bridgehead atoms. The molecule has 0 unspecified atom stereocenters. The van der Waals surface area contributed by atoms with Gasteiger partial charge in [0, 0.05) is 47.0 Å². The van der Waals surface area contributed by atoms with Crippen molar-refractivity contribution in [1.82, 2.24) is 5.43 Å². The van der Waals surface area contributed by atoms with Crippen LogP contribution in [0.25, 0.3) is 6.08 Å². The molecule has 0 aromatic heterocycles. The normalized spacial score (nSPS) is 14.5. The molecule has 6 nitrogen and oxygen atoms in total. The Kier molecular flexibility index (Phi) is 6.58. The second-order valence-electron chi connectivity index (χ2n) is 7.62. The second kappa shape index (κ2) is 9.57. The van der Waals surface area contributed by atoms with Gasteiger partial charge in [-0.2, -0.15) is 0 Å². The highest BCUT2D eigenvalue weighted by atomic mass is 35.5. The van der Waals surface area contributed by atoms with Crippen molar-refractivity contribution in [2.75, 3.05) is 24.0 Å². The molecule has 1 saturated heterocycles. The first-order chi connectivity index (χ1) is 15.8. The van der Waals surface area contributed by atoms with E-state index in [1.54, 1.807) is 48.5 Å². The summed E-state index contributed by atoms with van der Waals surface area (Å²) in [6.45, 7) is 0.194. The molecule has 1 heterocycles. The summed E-state index contributed by atoms with van der Waals surface area (Å²) in [6, 6.07) is 19.7. The Hall–Kier alpha value is -3.48. The lowest BCUT2D eigenvalue weighted by Crippen LogP contribution is -2.35. The van der Waals surface area contributed by atoms with E-state index in [0.717, 1.165) is 11.3 Å². The number of anilines is 2. The molecule has 1 aliphatic heterocycles. The van der Waals surface area contributed by atoms with Crippen LogP contribution in [0.15, 0.2) is 72.3 Å². The van der Waals surface area contributed by atoms with Gasteiger partial charge < -0.3 is 9.64 Å². The Labute approximate surface area is 201 Å². The first-order valence-corrected chi connectivity index (χ1v) is 10.9. The van der Waals surface area contributed by atoms with Crippen LogP contribution in [-0.4, -0.2) is 25.9 Å². The molecule has 2 amide bonds. The van der Waals surface area contributed by atoms with Gasteiger partial charge in [0.05, 0.1) is 5.69 Å². The van der Waals surface area contributed by atoms with E-state index >= 15 is 0 Å². The predicted molar refractivity (Wildman–Crippen MR) is 132 cm³/mol. The maximum atomic E-state index is 13.0. The fraction of sp³-hybridized carbons (Fsp3) is 0.120. The van der Waals surface area contributed by atoms with E-state index in [9.17, 15) is 9.59 Å². The van der Waals surface area contributed by atoms with Gasteiger partial charge in [-0.25, -0.2) is 5.01 Å². The second-order valence-corrected chi connectivity index (χ2v) is 8.46. The average Bonchev–Trinajstić information content (AvgIpc) is 3.08. The summed E-state index contributed by atoms with van der Waals surface area (Å²) < 4.78 is 6.07. The van der Waals surface area contributed by atoms with E-state index in [2.05, 4.69) is 5.43 Å². The first kappa shape index (κ1) is 22.7. The molecule has 0 aliphatic carbocycles. The van der Waals surface area contributed by atoms with Crippen LogP contribution in [0, 0.1) is 0 Å². The summed E-state index contributed by atoms with van der Waals surface area (Å²) in [4.78, 5) is 27.5. The van der Waals surface area contributed by atoms with Crippen molar-refractivity contribution in [2.45, 2.75) is 6.61 Å². The zero-order chi connectivity index (χ0) is 23.5. The Balaban J connectivity index is 1.66. The van der Waals surface area contributed by atoms with Crippen LogP contribution in [0.3, 0.4) is 0 Å². The van der Waals surface area contributed by atoms with E-state index < -0.39 is 11.8 Å². The number of carbonyl (C=O) groups is 2. The van der Waals surface area contributed by atoms with Crippen LogP contribution < -0.4 is 20.1 Å². The standard InChI is InChI=1S/C25H21Cl2N3O3/c1-29(2)20-11-9-16(23(14-20)33-15-17-8-10-18(26)13-22(17)27)12-21-24(31)28-30(25(21)32)19-6-4-3-5-7-19/h3-14H,15H2,1-2H3,(H,28,31). The minimum atomic E-state index is -0.479. The highest BCUT2D eigenvalue weighted by Crippen LogP contribution is 2.30. The van der Waals surface area contributed by atoms with E-state index in [0.29, 0.717) is 27.0 Å². The van der Waals surface area contributed by atoms with E-state index in [1.165, 1.54) is 5.01 Å². The summed E-state index contributed by atoms with van der Waals surface area (Å²) in [5, 5.41) is 2.27. The topological polar surface area (TPSA) is 61.9 Å². The van der Waals surface area contributed by atoms with Crippen molar-refractivity contribution in [3.8, 4) is 5.75 Å². The fourth-order valence-corrected chi connectivity index (χ4v) is 3.77. The highest BCUT2D eigenvalue weighted by molar-refractivity contribution is 6.35. The molecule has 33 heavy (non-hydrogen) atoms. The van der Waals surface area contributed by atoms with Crippen molar-refractivity contribution in [1.29, 1.82) is 0 Å². The van der Waals surface area contributed by atoms with Gasteiger partial charge in [0.2, 0.25) is 0 Å². The van der Waals surface area contributed by atoms with Crippen molar-refractivity contribution < 1.29 is 14.3 Å². The quantitative estimate of drug-likeness (QED) is 0.392. The highest BCUT2D eigenvalue weighted by Gasteiger charge is 2.34. The predicted octanol–water partition coefficient (Wildman–Crippen LogP) is 5.10. The van der Waals surface area contributed by atoms with Crippen LogP contribution in [0.2, 0.25) is 10.0 Å². The summed E-state index contributed by atoms with van der Waals surface area (Å²) in [6.07, 6.45) is 1.54. The molecule has 0 spiro atoms. The molecule has 4 rings (SSSR count). The SMILES string of the molecule is CN(C)c1ccc(C=C2C(=O)NN(c3ccccc3)C2=O)c(OCc2ccc(Cl)cc2Cl)c1. The van der Waals surface area contributed by atoms with Gasteiger partial charge in [-0.1, -0.05) is 47.5 Å². The van der Waals surface area contributed by atoms with Crippen LogP contribution in [-0.2, 0) is 16.2 Å². The number of rotatable bonds is 6. The van der Waals surface area contributed by atoms with Gasteiger partial charge in [0.1, 0.15) is 17.9 Å². The number of hydrogen-bond acceptors (Lipinski definition) is 4. The van der Waals surface area contributed by atoms with Gasteiger partial charge in [0.15, 0.2) is 0 Å². The van der Waals surface area contributed by atoms with Gasteiger partial charge in [-0.05, 0) is 42.5 Å². The lowest BCUT2D eigenvalue weighted by Gasteiger charge is -2.17. The third-order valence-corrected chi connectivity index (χ3v) is 5.70. The lowest BCUT2D eigenvalue weighted by molar-refractivity contribution is -0.117. The third kappa shape index (κ3) is 4.97. The molecule has 3 aromatic rings. The number of nitrogens with one attached hydrogen (secondary N) is 1. The number of ether oxygens (including phenoxy) is 1. The Morgan fingerprint density at radius 2 is 1.76 bits per heavy atom. The molecule has 3 aromatic carbocycles. The van der Waals surface area contributed by atoms with Crippen LogP contribution in [0.4, 0.5) is 11.4 Å². The number of para-hydroxylation sites is 1. The smallest absolute Gasteiger partial charge is 0.282 e. The lowest BCUT2D eigenvalue weighted by atomic mass is 10.1. The molecule has 0 atom stereocenters. The summed E-state index contributed by atoms with van der Waals surface area (Å²) >= 11 is 12.3. The Morgan fingerprint density at radius 1 is 1.00 bits per heavy atom. The number of benzene rings is 3. The summed E-state index contributed by atoms with van der Waals surface area (Å²) in [5.74, 6) is -0.403. The first-order valence-electron chi connectivity index (χ1n) is 10.1. The minimum Gasteiger partial charge on any atom is -0.488 e. The zero-order valence-corrected chi connectivity index (χ0v) is 19.5. The number of amides is 2. The summed E-state index contributed by atoms with van der Waals surface area (Å²) in [7, 11) is 3.83. The fourth-order valence-electron chi connectivity index (χ4n) is 3.31. The zero-order valence-electron chi connectivity index (χ0n) is 18.0. The molecule has 8 heteroatoms. The monoisotopic (exact) mass is 481 g/mol. The van der Waals surface area contributed by atoms with E-state index in [1.807, 2.05) is 43.3 Å². The maximum absolute atomic E-state index is 13.0. The van der Waals surface area contributed by atoms with Gasteiger partial charge >= 0.3 is 0 Å². The number of nitrogens with zero attached hydrogens (tertiary/aromatic N) is 2. The van der Waals surface area contributed by atoms with E-state index in [4.69, 9.17) is 27.9 Å².